The molecule has 0 N–H and O–H groups in total. The monoisotopic (exact) mass is 458 g/mol. The van der Waals surface area contributed by atoms with Crippen LogP contribution in [0.5, 0.6) is 0 Å². The molecule has 0 unspecified atom stereocenters. The Hall–Kier alpha value is -2.62. The lowest BCUT2D eigenvalue weighted by Gasteiger charge is -2.28. The largest absolute Gasteiger partial charge is 0.744 e. The van der Waals surface area contributed by atoms with Crippen LogP contribution < -0.4 is 9.47 Å². The van der Waals surface area contributed by atoms with Gasteiger partial charge in [-0.3, -0.25) is 0 Å². The summed E-state index contributed by atoms with van der Waals surface area (Å²) >= 11 is 1.59. The molecule has 1 aromatic heterocycles. The highest BCUT2D eigenvalue weighted by Gasteiger charge is 2.11. The molecule has 164 valence electrons. The summed E-state index contributed by atoms with van der Waals surface area (Å²) < 4.78 is 33.1. The number of thiazole rings is 1. The molecule has 0 saturated carbocycles. The molecule has 1 aliphatic heterocycles. The van der Waals surface area contributed by atoms with Gasteiger partial charge in [-0.1, -0.05) is 17.7 Å². The SMILES string of the molecule is C[n+]1ccsc1N=Nc1ccc(N2CCCCC2)cc1.Cc1ccc(S(=O)(=O)[O-])cc1. The average Bonchev–Trinajstić information content (AvgIpc) is 3.18. The first-order valence-electron chi connectivity index (χ1n) is 10.1. The van der Waals surface area contributed by atoms with Crippen LogP contribution in [0.1, 0.15) is 24.8 Å². The maximum atomic E-state index is 10.4. The van der Waals surface area contributed by atoms with Crippen molar-refractivity contribution in [2.24, 2.45) is 17.3 Å². The van der Waals surface area contributed by atoms with Gasteiger partial charge in [0.25, 0.3) is 0 Å². The summed E-state index contributed by atoms with van der Waals surface area (Å²) in [4.78, 5) is 2.27. The lowest BCUT2D eigenvalue weighted by Crippen LogP contribution is -2.29. The standard InChI is InChI=1S/C15H19N4S.C7H8O3S/c1-18-11-12-20-15(18)17-16-13-5-7-14(8-6-13)19-9-3-2-4-10-19;1-6-2-4-7(5-3-6)11(8,9)10/h5-8,11-12H,2-4,9-10H2,1H3;2-5H,1H3,(H,8,9,10)/q+1;/p-1. The number of azo groups is 1. The second-order valence-corrected chi connectivity index (χ2v) is 9.58. The van der Waals surface area contributed by atoms with Gasteiger partial charge in [0.15, 0.2) is 0 Å². The molecular formula is C22H26N4O3S2. The van der Waals surface area contributed by atoms with E-state index in [2.05, 4.69) is 27.3 Å². The molecule has 7 nitrogen and oxygen atoms in total. The summed E-state index contributed by atoms with van der Waals surface area (Å²) in [5.74, 6) is 0. The summed E-state index contributed by atoms with van der Waals surface area (Å²) in [7, 11) is -2.29. The fraction of sp³-hybridized carbons (Fsp3) is 0.318. The first-order valence-corrected chi connectivity index (χ1v) is 12.3. The van der Waals surface area contributed by atoms with E-state index in [0.717, 1.165) is 16.4 Å². The van der Waals surface area contributed by atoms with E-state index in [1.165, 1.54) is 50.2 Å². The van der Waals surface area contributed by atoms with E-state index in [1.807, 2.05) is 42.2 Å². The second kappa shape index (κ2) is 10.6. The van der Waals surface area contributed by atoms with Crippen molar-refractivity contribution in [2.45, 2.75) is 31.1 Å². The summed E-state index contributed by atoms with van der Waals surface area (Å²) in [5, 5.41) is 11.5. The number of aromatic nitrogens is 1. The zero-order valence-electron chi connectivity index (χ0n) is 17.6. The first kappa shape index (κ1) is 23.1. The maximum Gasteiger partial charge on any atom is 0.408 e. The molecular weight excluding hydrogens is 432 g/mol. The minimum absolute atomic E-state index is 0.178. The zero-order valence-corrected chi connectivity index (χ0v) is 19.3. The molecule has 1 fully saturated rings. The highest BCUT2D eigenvalue weighted by atomic mass is 32.2. The van der Waals surface area contributed by atoms with Crippen molar-refractivity contribution >= 4 is 38.0 Å². The van der Waals surface area contributed by atoms with Crippen LogP contribution in [0.15, 0.2) is 75.2 Å². The van der Waals surface area contributed by atoms with Gasteiger partial charge in [0.05, 0.1) is 17.1 Å². The summed E-state index contributed by atoms with van der Waals surface area (Å²) in [5.41, 5.74) is 3.13. The Balaban J connectivity index is 0.000000210. The van der Waals surface area contributed by atoms with Crippen LogP contribution in [0.2, 0.25) is 0 Å². The molecule has 0 atom stereocenters. The van der Waals surface area contributed by atoms with Crippen molar-refractivity contribution in [1.82, 2.24) is 0 Å². The highest BCUT2D eigenvalue weighted by molar-refractivity contribution is 7.85. The average molecular weight is 459 g/mol. The van der Waals surface area contributed by atoms with Crippen LogP contribution in [-0.4, -0.2) is 26.1 Å². The molecule has 0 bridgehead atoms. The second-order valence-electron chi connectivity index (χ2n) is 7.33. The van der Waals surface area contributed by atoms with Crippen LogP contribution in [-0.2, 0) is 17.2 Å². The van der Waals surface area contributed by atoms with Crippen LogP contribution >= 0.6 is 11.3 Å². The number of hydrogen-bond donors (Lipinski definition) is 0. The molecule has 9 heteroatoms. The third kappa shape index (κ3) is 6.95. The Bertz CT molecular complexity index is 1100. The van der Waals surface area contributed by atoms with Gasteiger partial charge in [-0.25, -0.2) is 13.0 Å². The van der Waals surface area contributed by atoms with Crippen LogP contribution in [0, 0.1) is 6.92 Å². The molecule has 0 radical (unpaired) electrons. The quantitative estimate of drug-likeness (QED) is 0.317. The van der Waals surface area contributed by atoms with Gasteiger partial charge in [0.1, 0.15) is 22.0 Å². The van der Waals surface area contributed by atoms with E-state index in [4.69, 9.17) is 0 Å². The van der Waals surface area contributed by atoms with E-state index in [9.17, 15) is 13.0 Å². The third-order valence-corrected chi connectivity index (χ3v) is 6.58. The van der Waals surface area contributed by atoms with Crippen LogP contribution in [0.25, 0.3) is 0 Å². The fourth-order valence-electron chi connectivity index (χ4n) is 3.11. The number of aryl methyl sites for hydroxylation is 2. The Morgan fingerprint density at radius 3 is 2.16 bits per heavy atom. The molecule has 2 heterocycles. The summed E-state index contributed by atoms with van der Waals surface area (Å²) in [6, 6.07) is 14.2. The van der Waals surface area contributed by atoms with Crippen molar-refractivity contribution in [1.29, 1.82) is 0 Å². The van der Waals surface area contributed by atoms with Crippen molar-refractivity contribution in [3.8, 4) is 0 Å². The minimum atomic E-state index is -4.27. The summed E-state index contributed by atoms with van der Waals surface area (Å²) in [6.07, 6.45) is 5.95. The van der Waals surface area contributed by atoms with Gasteiger partial charge >= 0.3 is 5.13 Å². The van der Waals surface area contributed by atoms with Crippen LogP contribution in [0.4, 0.5) is 16.5 Å². The van der Waals surface area contributed by atoms with E-state index >= 15 is 0 Å². The molecule has 31 heavy (non-hydrogen) atoms. The van der Waals surface area contributed by atoms with Gasteiger partial charge in [-0.15, -0.1) is 0 Å². The Labute approximate surface area is 187 Å². The molecule has 0 aliphatic carbocycles. The van der Waals surface area contributed by atoms with Crippen LogP contribution in [0.3, 0.4) is 0 Å². The van der Waals surface area contributed by atoms with E-state index in [0.29, 0.717) is 0 Å². The number of anilines is 1. The maximum absolute atomic E-state index is 10.4. The predicted octanol–water partition coefficient (Wildman–Crippen LogP) is 4.88. The highest BCUT2D eigenvalue weighted by Crippen LogP contribution is 2.24. The lowest BCUT2D eigenvalue weighted by molar-refractivity contribution is -0.654. The molecule has 0 spiro atoms. The number of nitrogens with zero attached hydrogens (tertiary/aromatic N) is 4. The molecule has 1 aliphatic rings. The van der Waals surface area contributed by atoms with Crippen molar-refractivity contribution in [3.05, 3.63) is 65.7 Å². The molecule has 4 rings (SSSR count). The van der Waals surface area contributed by atoms with Gasteiger partial charge in [0.2, 0.25) is 0 Å². The third-order valence-electron chi connectivity index (χ3n) is 4.89. The van der Waals surface area contributed by atoms with Gasteiger partial charge in [-0.2, -0.15) is 0 Å². The fourth-order valence-corrected chi connectivity index (χ4v) is 4.26. The van der Waals surface area contributed by atoms with E-state index in [-0.39, 0.29) is 4.90 Å². The Kier molecular flexibility index (Phi) is 7.89. The number of piperidine rings is 1. The number of benzene rings is 2. The smallest absolute Gasteiger partial charge is 0.408 e. The predicted molar refractivity (Wildman–Crippen MR) is 121 cm³/mol. The lowest BCUT2D eigenvalue weighted by atomic mass is 10.1. The summed E-state index contributed by atoms with van der Waals surface area (Å²) in [6.45, 7) is 4.17. The number of hydrogen-bond acceptors (Lipinski definition) is 7. The van der Waals surface area contributed by atoms with E-state index < -0.39 is 10.1 Å². The van der Waals surface area contributed by atoms with E-state index in [1.54, 1.807) is 23.5 Å². The molecule has 1 saturated heterocycles. The normalized spacial score (nSPS) is 14.4. The van der Waals surface area contributed by atoms with Gasteiger partial charge < -0.3 is 9.45 Å². The van der Waals surface area contributed by atoms with Gasteiger partial charge in [-0.05, 0) is 79.0 Å². The van der Waals surface area contributed by atoms with Gasteiger partial charge in [0, 0.05) is 24.2 Å². The van der Waals surface area contributed by atoms with Crippen molar-refractivity contribution in [2.75, 3.05) is 18.0 Å². The molecule has 0 amide bonds. The first-order chi connectivity index (χ1) is 14.8. The number of rotatable bonds is 4. The molecule has 2 aromatic carbocycles. The zero-order chi connectivity index (χ0) is 22.3. The van der Waals surface area contributed by atoms with Crippen molar-refractivity contribution < 1.29 is 17.5 Å². The Morgan fingerprint density at radius 2 is 1.61 bits per heavy atom. The Morgan fingerprint density at radius 1 is 0.968 bits per heavy atom. The topological polar surface area (TPSA) is 89.0 Å². The molecule has 3 aromatic rings. The minimum Gasteiger partial charge on any atom is -0.744 e. The van der Waals surface area contributed by atoms with Crippen molar-refractivity contribution in [3.63, 3.8) is 0 Å².